The van der Waals surface area contributed by atoms with Gasteiger partial charge in [-0.3, -0.25) is 10.7 Å². The first-order chi connectivity index (χ1) is 12.4. The molecule has 0 bridgehead atoms. The first-order valence-electron chi connectivity index (χ1n) is 7.53. The van der Waals surface area contributed by atoms with Crippen LogP contribution < -0.4 is 10.8 Å². The predicted molar refractivity (Wildman–Crippen MR) is 99.9 cm³/mol. The van der Waals surface area contributed by atoms with Gasteiger partial charge in [0.25, 0.3) is 0 Å². The Hall–Kier alpha value is -2.05. The molecule has 0 saturated carbocycles. The summed E-state index contributed by atoms with van der Waals surface area (Å²) in [6, 6.07) is 4.09. The van der Waals surface area contributed by atoms with Crippen molar-refractivity contribution in [1.82, 2.24) is 15.8 Å². The van der Waals surface area contributed by atoms with Gasteiger partial charge >= 0.3 is 0 Å². The normalized spacial score (nSPS) is 14.0. The molecule has 2 aromatic rings. The van der Waals surface area contributed by atoms with Gasteiger partial charge in [-0.25, -0.2) is 22.6 Å². The lowest BCUT2D eigenvalue weighted by molar-refractivity contribution is 0.234. The number of aliphatic imine (C=N–C) groups is 1. The molecule has 2 rings (SSSR count). The van der Waals surface area contributed by atoms with Crippen LogP contribution in [0.5, 0.6) is 0 Å². The van der Waals surface area contributed by atoms with Crippen LogP contribution in [0.15, 0.2) is 36.7 Å². The molecule has 12 heteroatoms. The van der Waals surface area contributed by atoms with E-state index in [0.29, 0.717) is 23.7 Å². The van der Waals surface area contributed by atoms with E-state index >= 15 is 0 Å². The van der Waals surface area contributed by atoms with Crippen molar-refractivity contribution in [3.63, 3.8) is 0 Å². The summed E-state index contributed by atoms with van der Waals surface area (Å²) < 4.78 is 34.4. The van der Waals surface area contributed by atoms with Crippen LogP contribution >= 0.6 is 15.9 Å². The van der Waals surface area contributed by atoms with E-state index in [1.807, 2.05) is 5.48 Å². The summed E-state index contributed by atoms with van der Waals surface area (Å²) in [5.41, 5.74) is 2.40. The largest absolute Gasteiger partial charge is 0.364 e. The lowest BCUT2D eigenvalue weighted by atomic mass is 10.3. The molecule has 9 nitrogen and oxygen atoms in total. The van der Waals surface area contributed by atoms with Crippen molar-refractivity contribution in [2.24, 2.45) is 9.36 Å². The molecule has 1 aromatic carbocycles. The van der Waals surface area contributed by atoms with Gasteiger partial charge in [0.2, 0.25) is 5.82 Å². The van der Waals surface area contributed by atoms with Crippen molar-refractivity contribution in [3.8, 4) is 0 Å². The summed E-state index contributed by atoms with van der Waals surface area (Å²) in [7, 11) is -0.742. The fraction of sp³-hybridized carbons (Fsp3) is 0.357. The molecule has 0 spiro atoms. The minimum Gasteiger partial charge on any atom is -0.364 e. The van der Waals surface area contributed by atoms with E-state index in [9.17, 15) is 13.8 Å². The minimum absolute atomic E-state index is 0.0522. The van der Waals surface area contributed by atoms with E-state index in [0.717, 1.165) is 0 Å². The van der Waals surface area contributed by atoms with Gasteiger partial charge in [-0.2, -0.15) is 0 Å². The molecule has 0 aliphatic carbocycles. The summed E-state index contributed by atoms with van der Waals surface area (Å²) in [6.45, 7) is 2.12. The number of nitrogens with one attached hydrogen (secondary N) is 2. The molecular formula is C14H18BrFN6O3S. The van der Waals surface area contributed by atoms with Crippen LogP contribution in [0, 0.1) is 5.82 Å². The molecule has 3 N–H and O–H groups in total. The monoisotopic (exact) mass is 448 g/mol. The number of anilines is 1. The van der Waals surface area contributed by atoms with Gasteiger partial charge in [0, 0.05) is 34.8 Å². The Bertz CT molecular complexity index is 910. The maximum atomic E-state index is 13.3. The Morgan fingerprint density at radius 2 is 2.23 bits per heavy atom. The van der Waals surface area contributed by atoms with Gasteiger partial charge in [-0.15, -0.1) is 0 Å². The van der Waals surface area contributed by atoms with Crippen LogP contribution in [0.4, 0.5) is 15.9 Å². The molecule has 1 atom stereocenters. The minimum atomic E-state index is -2.27. The lowest BCUT2D eigenvalue weighted by Crippen LogP contribution is -2.23. The summed E-state index contributed by atoms with van der Waals surface area (Å²) in [5.74, 6) is 0.480. The third-order valence-corrected chi connectivity index (χ3v) is 6.48. The van der Waals surface area contributed by atoms with Crippen molar-refractivity contribution in [2.75, 3.05) is 30.4 Å². The summed E-state index contributed by atoms with van der Waals surface area (Å²) in [6.07, 6.45) is 0. The van der Waals surface area contributed by atoms with Crippen LogP contribution in [0.3, 0.4) is 0 Å². The Morgan fingerprint density at radius 1 is 1.46 bits per heavy atom. The molecule has 26 heavy (non-hydrogen) atoms. The predicted octanol–water partition coefficient (Wildman–Crippen LogP) is 2.56. The zero-order valence-electron chi connectivity index (χ0n) is 14.1. The van der Waals surface area contributed by atoms with Gasteiger partial charge in [0.05, 0.1) is 10.2 Å². The van der Waals surface area contributed by atoms with Crippen molar-refractivity contribution >= 4 is 43.0 Å². The van der Waals surface area contributed by atoms with E-state index < -0.39 is 15.5 Å². The first-order valence-corrected chi connectivity index (χ1v) is 10.2. The van der Waals surface area contributed by atoms with E-state index in [2.05, 4.69) is 45.5 Å². The quantitative estimate of drug-likeness (QED) is 0.337. The van der Waals surface area contributed by atoms with E-state index in [4.69, 9.17) is 0 Å². The number of aromatic nitrogens is 2. The number of hydrogen-bond donors (Lipinski definition) is 3. The van der Waals surface area contributed by atoms with Gasteiger partial charge in [-0.05, 0) is 44.4 Å². The Morgan fingerprint density at radius 3 is 2.85 bits per heavy atom. The second kappa shape index (κ2) is 9.05. The molecule has 0 aliphatic heterocycles. The standard InChI is InChI=1S/C14H18BrFN6O3S/c1-3-26(24,17-2)7-6-18-13-12(21-25-22-13)14(20-23)19-9-4-5-11(16)10(15)8-9/h4-5,8,23H,3,6-7H2,1-2H3,(H,18,22)(H,19,20)/t26-/m1/s1. The van der Waals surface area contributed by atoms with E-state index in [1.165, 1.54) is 25.2 Å². The number of rotatable bonds is 7. The molecule has 142 valence electrons. The molecule has 1 heterocycles. The molecule has 1 aromatic heterocycles. The van der Waals surface area contributed by atoms with Crippen molar-refractivity contribution in [2.45, 2.75) is 6.92 Å². The average Bonchev–Trinajstić information content (AvgIpc) is 3.10. The molecular weight excluding hydrogens is 431 g/mol. The van der Waals surface area contributed by atoms with Crippen molar-refractivity contribution < 1.29 is 18.4 Å². The van der Waals surface area contributed by atoms with Gasteiger partial charge < -0.3 is 5.32 Å². The van der Waals surface area contributed by atoms with Crippen molar-refractivity contribution in [1.29, 1.82) is 0 Å². The van der Waals surface area contributed by atoms with Gasteiger partial charge in [0.15, 0.2) is 11.5 Å². The van der Waals surface area contributed by atoms with Crippen LogP contribution in [-0.4, -0.2) is 50.7 Å². The van der Waals surface area contributed by atoms with Crippen LogP contribution in [0.2, 0.25) is 0 Å². The number of benzene rings is 1. The van der Waals surface area contributed by atoms with Crippen LogP contribution in [0.1, 0.15) is 12.6 Å². The second-order valence-corrected chi connectivity index (χ2v) is 8.76. The summed E-state index contributed by atoms with van der Waals surface area (Å²) in [5, 5.41) is 19.7. The molecule has 0 amide bonds. The maximum Gasteiger partial charge on any atom is 0.202 e. The topological polar surface area (TPSA) is 125 Å². The second-order valence-electron chi connectivity index (χ2n) is 5.01. The SMILES string of the molecule is CC[S@@](=O)(CCNc1nonc1C(=Nc1ccc(F)c(Br)c1)NO)=NC. The zero-order valence-corrected chi connectivity index (χ0v) is 16.5. The highest BCUT2D eigenvalue weighted by Crippen LogP contribution is 2.23. The fourth-order valence-electron chi connectivity index (χ4n) is 1.97. The lowest BCUT2D eigenvalue weighted by Gasteiger charge is -2.08. The van der Waals surface area contributed by atoms with Gasteiger partial charge in [-0.1, -0.05) is 6.92 Å². The maximum absolute atomic E-state index is 13.3. The highest BCUT2D eigenvalue weighted by atomic mass is 79.9. The van der Waals surface area contributed by atoms with E-state index in [1.54, 1.807) is 6.92 Å². The summed E-state index contributed by atoms with van der Waals surface area (Å²) in [4.78, 5) is 4.15. The molecule has 0 radical (unpaired) electrons. The molecule has 0 saturated heterocycles. The Kier molecular flexibility index (Phi) is 7.06. The Labute approximate surface area is 158 Å². The molecule has 0 unspecified atom stereocenters. The fourth-order valence-corrected chi connectivity index (χ4v) is 3.49. The number of nitrogens with zero attached hydrogens (tertiary/aromatic N) is 4. The number of hydrogen-bond acceptors (Lipinski definition) is 8. The van der Waals surface area contributed by atoms with Gasteiger partial charge in [0.1, 0.15) is 5.82 Å². The summed E-state index contributed by atoms with van der Waals surface area (Å²) >= 11 is 3.07. The zero-order chi connectivity index (χ0) is 19.2. The Balaban J connectivity index is 2.20. The molecule has 0 fully saturated rings. The van der Waals surface area contributed by atoms with Crippen LogP contribution in [0.25, 0.3) is 0 Å². The highest BCUT2D eigenvalue weighted by Gasteiger charge is 2.17. The number of amidine groups is 1. The number of hydroxylamine groups is 1. The first kappa shape index (κ1) is 20.3. The third-order valence-electron chi connectivity index (χ3n) is 3.46. The smallest absolute Gasteiger partial charge is 0.202 e. The third kappa shape index (κ3) is 4.99. The van der Waals surface area contributed by atoms with E-state index in [-0.39, 0.29) is 21.8 Å². The number of halogens is 2. The van der Waals surface area contributed by atoms with Crippen molar-refractivity contribution in [3.05, 3.63) is 34.2 Å². The highest BCUT2D eigenvalue weighted by molar-refractivity contribution is 9.10. The average molecular weight is 449 g/mol. The van der Waals surface area contributed by atoms with Crippen LogP contribution in [-0.2, 0) is 9.73 Å². The molecule has 0 aliphatic rings.